The fraction of sp³-hybridized carbons (Fsp3) is 0. The number of nitrogens with one attached hydrogen (secondary N) is 3. The maximum Gasteiger partial charge on any atom is 0.371 e. The average molecular weight is 576 g/mol. The van der Waals surface area contributed by atoms with Gasteiger partial charge < -0.3 is 15.7 Å². The number of H-pyrrole nitrogens is 3. The van der Waals surface area contributed by atoms with Gasteiger partial charge >= 0.3 is 11.4 Å². The molecule has 0 aliphatic heterocycles. The number of nitrogens with zero attached hydrogens (tertiary/aromatic N) is 5. The van der Waals surface area contributed by atoms with E-state index in [0.29, 0.717) is 16.7 Å². The average Bonchev–Trinajstić information content (AvgIpc) is 3.50. The Morgan fingerprint density at radius 2 is 1.00 bits per heavy atom. The second kappa shape index (κ2) is 8.49. The minimum absolute atomic E-state index is 0.0946. The maximum absolute atomic E-state index is 11.9. The second-order valence-electron chi connectivity index (χ2n) is 10.5. The van der Waals surface area contributed by atoms with E-state index in [2.05, 4.69) is 52.0 Å². The monoisotopic (exact) mass is 575 g/mol. The quantitative estimate of drug-likeness (QED) is 0.206. The number of aromatic amines is 3. The SMILES string of the molecule is Nc1nc(=O)nc2[nH]c3c4cccc5cccc(c3nc12)c54.O=c1nc2[nH]c3c4cccc5cccc(c3nc2c(=O)[nH]1)c54. The highest BCUT2D eigenvalue weighted by molar-refractivity contribution is 6.29. The Kier molecular flexibility index (Phi) is 4.64. The normalized spacial score (nSPS) is 12.0. The molecule has 0 unspecified atom stereocenters. The van der Waals surface area contributed by atoms with E-state index in [0.717, 1.165) is 59.6 Å². The minimum Gasteiger partial charge on any atom is -0.382 e. The van der Waals surface area contributed by atoms with E-state index in [1.807, 2.05) is 60.7 Å². The van der Waals surface area contributed by atoms with Crippen LogP contribution in [0.4, 0.5) is 5.82 Å². The standard InChI is InChI=1S/C16H9N5O.C16H8N4O2/c17-14-13-15(21-16(22)20-14)19-12-9-6-2-4-7-3-1-5-8(10(7)9)11(12)18-13;21-15-13-14(19-16(22)20-15)18-12-9-6-2-4-7-3-1-5-8(10(7)9)11(12)17-13/h1-6H,(H3,17,19,20,21,22);1-6H,(H2,18,19,20,21,22). The van der Waals surface area contributed by atoms with Crippen molar-refractivity contribution in [3.05, 3.63) is 104 Å². The lowest BCUT2D eigenvalue weighted by Crippen LogP contribution is -2.23. The Morgan fingerprint density at radius 1 is 0.500 bits per heavy atom. The maximum atomic E-state index is 11.9. The molecule has 0 bridgehead atoms. The van der Waals surface area contributed by atoms with E-state index >= 15 is 0 Å². The molecule has 0 atom stereocenters. The molecule has 0 saturated carbocycles. The van der Waals surface area contributed by atoms with Gasteiger partial charge in [0.2, 0.25) is 0 Å². The molecule has 0 aliphatic carbocycles. The van der Waals surface area contributed by atoms with Crippen molar-refractivity contribution in [3.63, 3.8) is 0 Å². The van der Waals surface area contributed by atoms with E-state index in [1.54, 1.807) is 0 Å². The van der Waals surface area contributed by atoms with Crippen molar-refractivity contribution in [2.45, 2.75) is 0 Å². The third-order valence-corrected chi connectivity index (χ3v) is 8.03. The van der Waals surface area contributed by atoms with Gasteiger partial charge in [0.1, 0.15) is 5.52 Å². The van der Waals surface area contributed by atoms with Crippen LogP contribution in [0.15, 0.2) is 87.2 Å². The van der Waals surface area contributed by atoms with E-state index in [9.17, 15) is 14.4 Å². The number of nitrogen functional groups attached to an aromatic ring is 1. The zero-order valence-corrected chi connectivity index (χ0v) is 22.5. The van der Waals surface area contributed by atoms with Gasteiger partial charge in [-0.2, -0.15) is 15.0 Å². The number of fused-ring (bicyclic) bond motifs is 8. The Labute approximate surface area is 242 Å². The summed E-state index contributed by atoms with van der Waals surface area (Å²) in [6, 6.07) is 24.2. The fourth-order valence-electron chi connectivity index (χ4n) is 6.25. The van der Waals surface area contributed by atoms with Gasteiger partial charge in [0.05, 0.1) is 22.1 Å². The zero-order chi connectivity index (χ0) is 29.7. The molecule has 5 N–H and O–H groups in total. The first-order valence-corrected chi connectivity index (χ1v) is 13.6. The summed E-state index contributed by atoms with van der Waals surface area (Å²) < 4.78 is 0. The summed E-state index contributed by atoms with van der Waals surface area (Å²) in [5.41, 5.74) is 8.30. The molecular formula is C32H17N9O3. The highest BCUT2D eigenvalue weighted by Gasteiger charge is 2.17. The smallest absolute Gasteiger partial charge is 0.371 e. The molecule has 0 fully saturated rings. The van der Waals surface area contributed by atoms with Crippen molar-refractivity contribution in [3.8, 4) is 0 Å². The van der Waals surface area contributed by atoms with Gasteiger partial charge in [-0.25, -0.2) is 19.6 Å². The number of aromatic nitrogens is 8. The van der Waals surface area contributed by atoms with Crippen molar-refractivity contribution < 1.29 is 0 Å². The lowest BCUT2D eigenvalue weighted by molar-refractivity contribution is 1.06. The first kappa shape index (κ1) is 24.1. The van der Waals surface area contributed by atoms with Gasteiger partial charge in [0.25, 0.3) is 5.56 Å². The van der Waals surface area contributed by atoms with Crippen LogP contribution in [-0.4, -0.2) is 39.9 Å². The molecule has 12 heteroatoms. The van der Waals surface area contributed by atoms with Crippen LogP contribution in [0.5, 0.6) is 0 Å². The number of rotatable bonds is 0. The number of hydrogen-bond donors (Lipinski definition) is 4. The summed E-state index contributed by atoms with van der Waals surface area (Å²) in [4.78, 5) is 63.7. The molecule has 0 saturated heterocycles. The minimum atomic E-state index is -0.677. The number of anilines is 1. The summed E-state index contributed by atoms with van der Waals surface area (Å²) >= 11 is 0. The van der Waals surface area contributed by atoms with Crippen LogP contribution in [-0.2, 0) is 0 Å². The predicted octanol–water partition coefficient (Wildman–Crippen LogP) is 4.10. The summed E-state index contributed by atoms with van der Waals surface area (Å²) in [7, 11) is 0. The lowest BCUT2D eigenvalue weighted by atomic mass is 10.1. The summed E-state index contributed by atoms with van der Waals surface area (Å²) in [5, 5.41) is 8.59. The van der Waals surface area contributed by atoms with Crippen LogP contribution in [0.25, 0.3) is 87.5 Å². The molecule has 4 aromatic heterocycles. The summed E-state index contributed by atoms with van der Waals surface area (Å²) in [6.45, 7) is 0. The largest absolute Gasteiger partial charge is 0.382 e. The summed E-state index contributed by atoms with van der Waals surface area (Å²) in [5.74, 6) is 0.0946. The molecule has 10 rings (SSSR count). The molecular weight excluding hydrogens is 558 g/mol. The highest BCUT2D eigenvalue weighted by Crippen LogP contribution is 2.38. The van der Waals surface area contributed by atoms with Crippen LogP contribution < -0.4 is 22.7 Å². The number of nitrogens with two attached hydrogens (primary N) is 1. The topological polar surface area (TPSA) is 189 Å². The zero-order valence-electron chi connectivity index (χ0n) is 22.5. The van der Waals surface area contributed by atoms with E-state index in [1.165, 1.54) is 0 Å². The Bertz CT molecular complexity index is 2970. The first-order chi connectivity index (χ1) is 21.4. The van der Waals surface area contributed by atoms with Crippen molar-refractivity contribution >= 4 is 93.3 Å². The molecule has 6 aromatic carbocycles. The molecule has 4 heterocycles. The van der Waals surface area contributed by atoms with Crippen LogP contribution in [0.3, 0.4) is 0 Å². The van der Waals surface area contributed by atoms with E-state index in [4.69, 9.17) is 5.73 Å². The molecule has 208 valence electrons. The molecule has 0 aliphatic rings. The highest BCUT2D eigenvalue weighted by atomic mass is 16.2. The summed E-state index contributed by atoms with van der Waals surface area (Å²) in [6.07, 6.45) is 0. The molecule has 44 heavy (non-hydrogen) atoms. The van der Waals surface area contributed by atoms with E-state index < -0.39 is 16.9 Å². The first-order valence-electron chi connectivity index (χ1n) is 13.6. The second-order valence-corrected chi connectivity index (χ2v) is 10.5. The van der Waals surface area contributed by atoms with Crippen molar-refractivity contribution in [2.24, 2.45) is 0 Å². The van der Waals surface area contributed by atoms with Crippen molar-refractivity contribution in [1.29, 1.82) is 0 Å². The van der Waals surface area contributed by atoms with Crippen molar-refractivity contribution in [1.82, 2.24) is 39.9 Å². The van der Waals surface area contributed by atoms with Gasteiger partial charge in [0, 0.05) is 32.3 Å². The molecule has 12 nitrogen and oxygen atoms in total. The van der Waals surface area contributed by atoms with Gasteiger partial charge in [0.15, 0.2) is 22.6 Å². The van der Waals surface area contributed by atoms with Crippen LogP contribution in [0.1, 0.15) is 0 Å². The molecule has 0 spiro atoms. The third-order valence-electron chi connectivity index (χ3n) is 8.03. The lowest BCUT2D eigenvalue weighted by Gasteiger charge is -2.00. The van der Waals surface area contributed by atoms with E-state index in [-0.39, 0.29) is 17.0 Å². The van der Waals surface area contributed by atoms with Gasteiger partial charge in [-0.05, 0) is 10.8 Å². The number of benzene rings is 4. The molecule has 0 radical (unpaired) electrons. The third kappa shape index (κ3) is 3.27. The van der Waals surface area contributed by atoms with Crippen molar-refractivity contribution in [2.75, 3.05) is 5.73 Å². The Hall–Kier alpha value is -6.56. The number of hydrogen-bond acceptors (Lipinski definition) is 9. The molecule has 10 aromatic rings. The predicted molar refractivity (Wildman–Crippen MR) is 171 cm³/mol. The fourth-order valence-corrected chi connectivity index (χ4v) is 6.25. The Morgan fingerprint density at radius 3 is 1.57 bits per heavy atom. The van der Waals surface area contributed by atoms with Gasteiger partial charge in [-0.3, -0.25) is 9.78 Å². The van der Waals surface area contributed by atoms with Gasteiger partial charge in [-0.15, -0.1) is 0 Å². The van der Waals surface area contributed by atoms with Crippen LogP contribution in [0, 0.1) is 0 Å². The van der Waals surface area contributed by atoms with Crippen LogP contribution >= 0.6 is 0 Å². The van der Waals surface area contributed by atoms with Crippen LogP contribution in [0.2, 0.25) is 0 Å². The van der Waals surface area contributed by atoms with Gasteiger partial charge in [-0.1, -0.05) is 72.8 Å². The Balaban J connectivity index is 0.000000123. The molecule has 0 amide bonds.